The molecule has 0 atom stereocenters. The first-order valence-electron chi connectivity index (χ1n) is 5.15. The molecule has 80 valence electrons. The van der Waals surface area contributed by atoms with Gasteiger partial charge in [-0.25, -0.2) is 0 Å². The van der Waals surface area contributed by atoms with Crippen molar-refractivity contribution < 1.29 is 4.52 Å². The van der Waals surface area contributed by atoms with Crippen LogP contribution in [0.25, 0.3) is 0 Å². The Kier molecular flexibility index (Phi) is 5.29. The molecular weight excluding hydrogens is 291 g/mol. The molecule has 1 aromatic rings. The SMILES string of the molecule is CCCCCCCc1onc(N)c1I. The van der Waals surface area contributed by atoms with Crippen LogP contribution in [0.4, 0.5) is 5.82 Å². The lowest BCUT2D eigenvalue weighted by Gasteiger charge is -1.97. The lowest BCUT2D eigenvalue weighted by atomic mass is 10.1. The molecule has 14 heavy (non-hydrogen) atoms. The third-order valence-corrected chi connectivity index (χ3v) is 3.39. The predicted molar refractivity (Wildman–Crippen MR) is 66.1 cm³/mol. The topological polar surface area (TPSA) is 52.0 Å². The highest BCUT2D eigenvalue weighted by atomic mass is 127. The maximum atomic E-state index is 5.58. The first-order valence-corrected chi connectivity index (χ1v) is 6.23. The Morgan fingerprint density at radius 1 is 1.29 bits per heavy atom. The Morgan fingerprint density at radius 3 is 2.57 bits per heavy atom. The summed E-state index contributed by atoms with van der Waals surface area (Å²) in [5, 5.41) is 3.73. The molecule has 0 aliphatic rings. The molecular formula is C10H17IN2O. The molecule has 3 nitrogen and oxygen atoms in total. The van der Waals surface area contributed by atoms with E-state index in [2.05, 4.69) is 34.7 Å². The smallest absolute Gasteiger partial charge is 0.180 e. The molecule has 0 bridgehead atoms. The highest BCUT2D eigenvalue weighted by Crippen LogP contribution is 2.20. The number of nitrogen functional groups attached to an aromatic ring is 1. The highest BCUT2D eigenvalue weighted by Gasteiger charge is 2.09. The van der Waals surface area contributed by atoms with Gasteiger partial charge in [-0.3, -0.25) is 0 Å². The first kappa shape index (κ1) is 11.8. The van der Waals surface area contributed by atoms with Gasteiger partial charge in [-0.15, -0.1) is 0 Å². The molecule has 1 rings (SSSR count). The number of nitrogens with two attached hydrogens (primary N) is 1. The van der Waals surface area contributed by atoms with Gasteiger partial charge in [0, 0.05) is 6.42 Å². The zero-order chi connectivity index (χ0) is 10.4. The van der Waals surface area contributed by atoms with Gasteiger partial charge in [-0.1, -0.05) is 37.8 Å². The lowest BCUT2D eigenvalue weighted by Crippen LogP contribution is -1.89. The van der Waals surface area contributed by atoms with Crippen LogP contribution in [0.5, 0.6) is 0 Å². The van der Waals surface area contributed by atoms with Crippen LogP contribution in [0.15, 0.2) is 4.52 Å². The van der Waals surface area contributed by atoms with Gasteiger partial charge in [0.05, 0.1) is 3.57 Å². The molecule has 0 aliphatic carbocycles. The van der Waals surface area contributed by atoms with Gasteiger partial charge in [-0.2, -0.15) is 0 Å². The van der Waals surface area contributed by atoms with Gasteiger partial charge >= 0.3 is 0 Å². The third-order valence-electron chi connectivity index (χ3n) is 2.23. The molecule has 0 saturated heterocycles. The van der Waals surface area contributed by atoms with Gasteiger partial charge in [0.15, 0.2) is 11.6 Å². The molecule has 1 heterocycles. The summed E-state index contributed by atoms with van der Waals surface area (Å²) in [6.07, 6.45) is 7.33. The number of rotatable bonds is 6. The van der Waals surface area contributed by atoms with Crippen molar-refractivity contribution in [3.8, 4) is 0 Å². The maximum Gasteiger partial charge on any atom is 0.180 e. The molecule has 2 N–H and O–H groups in total. The minimum atomic E-state index is 0.522. The van der Waals surface area contributed by atoms with Crippen molar-refractivity contribution in [3.05, 3.63) is 9.33 Å². The Labute approximate surface area is 98.6 Å². The van der Waals surface area contributed by atoms with E-state index in [0.29, 0.717) is 5.82 Å². The molecule has 0 fully saturated rings. The highest BCUT2D eigenvalue weighted by molar-refractivity contribution is 14.1. The summed E-state index contributed by atoms with van der Waals surface area (Å²) in [4.78, 5) is 0. The number of aromatic nitrogens is 1. The summed E-state index contributed by atoms with van der Waals surface area (Å²) in [5.41, 5.74) is 5.58. The fourth-order valence-electron chi connectivity index (χ4n) is 1.37. The number of halogens is 1. The van der Waals surface area contributed by atoms with Gasteiger partial charge in [0.25, 0.3) is 0 Å². The standard InChI is InChI=1S/C10H17IN2O/c1-2-3-4-5-6-7-8-9(11)10(12)13-14-8/h2-7H2,1H3,(H2,12,13). The number of unbranched alkanes of at least 4 members (excludes halogenated alkanes) is 4. The summed E-state index contributed by atoms with van der Waals surface area (Å²) < 4.78 is 6.10. The molecule has 0 aromatic carbocycles. The summed E-state index contributed by atoms with van der Waals surface area (Å²) in [6, 6.07) is 0. The molecule has 0 aliphatic heterocycles. The molecule has 0 saturated carbocycles. The van der Waals surface area contributed by atoms with E-state index in [0.717, 1.165) is 15.8 Å². The Hall–Kier alpha value is -0.260. The van der Waals surface area contributed by atoms with E-state index in [1.807, 2.05) is 0 Å². The van der Waals surface area contributed by atoms with E-state index in [4.69, 9.17) is 10.3 Å². The third kappa shape index (κ3) is 3.48. The Bertz CT molecular complexity index is 273. The molecule has 0 amide bonds. The van der Waals surface area contributed by atoms with Crippen molar-refractivity contribution in [1.29, 1.82) is 0 Å². The van der Waals surface area contributed by atoms with Crippen molar-refractivity contribution >= 4 is 28.4 Å². The Morgan fingerprint density at radius 2 is 2.00 bits per heavy atom. The molecule has 1 aromatic heterocycles. The lowest BCUT2D eigenvalue weighted by molar-refractivity contribution is 0.380. The summed E-state index contributed by atoms with van der Waals surface area (Å²) in [7, 11) is 0. The minimum Gasteiger partial charge on any atom is -0.380 e. The van der Waals surface area contributed by atoms with Crippen molar-refractivity contribution in [2.75, 3.05) is 5.73 Å². The van der Waals surface area contributed by atoms with Crippen molar-refractivity contribution in [3.63, 3.8) is 0 Å². The molecule has 4 heteroatoms. The quantitative estimate of drug-likeness (QED) is 0.647. The second-order valence-electron chi connectivity index (χ2n) is 3.47. The average molecular weight is 308 g/mol. The van der Waals surface area contributed by atoms with Crippen molar-refractivity contribution in [2.24, 2.45) is 0 Å². The second-order valence-corrected chi connectivity index (χ2v) is 4.55. The first-order chi connectivity index (χ1) is 6.75. The predicted octanol–water partition coefficient (Wildman–Crippen LogP) is 3.37. The number of hydrogen-bond donors (Lipinski definition) is 1. The van der Waals surface area contributed by atoms with Crippen LogP contribution in [-0.4, -0.2) is 5.16 Å². The van der Waals surface area contributed by atoms with Crippen LogP contribution in [0, 0.1) is 3.57 Å². The number of hydrogen-bond acceptors (Lipinski definition) is 3. The van der Waals surface area contributed by atoms with E-state index in [-0.39, 0.29) is 0 Å². The van der Waals surface area contributed by atoms with E-state index < -0.39 is 0 Å². The second kappa shape index (κ2) is 6.27. The number of aryl methyl sites for hydroxylation is 1. The summed E-state index contributed by atoms with van der Waals surface area (Å²) in [6.45, 7) is 2.22. The summed E-state index contributed by atoms with van der Waals surface area (Å²) in [5.74, 6) is 1.47. The van der Waals surface area contributed by atoms with E-state index in [1.54, 1.807) is 0 Å². The summed E-state index contributed by atoms with van der Waals surface area (Å²) >= 11 is 2.19. The fourth-order valence-corrected chi connectivity index (χ4v) is 1.84. The number of anilines is 1. The molecule has 0 unspecified atom stereocenters. The van der Waals surface area contributed by atoms with Crippen LogP contribution >= 0.6 is 22.6 Å². The minimum absolute atomic E-state index is 0.522. The molecule has 0 spiro atoms. The van der Waals surface area contributed by atoms with Crippen LogP contribution < -0.4 is 5.73 Å². The van der Waals surface area contributed by atoms with Gasteiger partial charge in [-0.05, 0) is 29.0 Å². The van der Waals surface area contributed by atoms with E-state index in [9.17, 15) is 0 Å². The zero-order valence-corrected chi connectivity index (χ0v) is 10.7. The normalized spacial score (nSPS) is 10.7. The number of nitrogens with zero attached hydrogens (tertiary/aromatic N) is 1. The van der Waals surface area contributed by atoms with E-state index >= 15 is 0 Å². The van der Waals surface area contributed by atoms with Crippen LogP contribution in [0.1, 0.15) is 44.8 Å². The van der Waals surface area contributed by atoms with Crippen LogP contribution in [-0.2, 0) is 6.42 Å². The average Bonchev–Trinajstić information content (AvgIpc) is 2.49. The van der Waals surface area contributed by atoms with E-state index in [1.165, 1.54) is 32.1 Å². The fraction of sp³-hybridized carbons (Fsp3) is 0.700. The van der Waals surface area contributed by atoms with Gasteiger partial charge in [0.1, 0.15) is 0 Å². The largest absolute Gasteiger partial charge is 0.380 e. The van der Waals surface area contributed by atoms with Gasteiger partial charge < -0.3 is 10.3 Å². The van der Waals surface area contributed by atoms with Crippen molar-refractivity contribution in [1.82, 2.24) is 5.16 Å². The van der Waals surface area contributed by atoms with Crippen LogP contribution in [0.2, 0.25) is 0 Å². The molecule has 0 radical (unpaired) electrons. The Balaban J connectivity index is 2.21. The maximum absolute atomic E-state index is 5.58. The van der Waals surface area contributed by atoms with Crippen LogP contribution in [0.3, 0.4) is 0 Å². The monoisotopic (exact) mass is 308 g/mol. The van der Waals surface area contributed by atoms with Gasteiger partial charge in [0.2, 0.25) is 0 Å². The zero-order valence-electron chi connectivity index (χ0n) is 8.55. The van der Waals surface area contributed by atoms with Crippen molar-refractivity contribution in [2.45, 2.75) is 45.4 Å².